The predicted octanol–water partition coefficient (Wildman–Crippen LogP) is 3.76. The third-order valence-corrected chi connectivity index (χ3v) is 5.34. The minimum atomic E-state index is -0.584. The van der Waals surface area contributed by atoms with Gasteiger partial charge in [0.2, 0.25) is 0 Å². The SMILES string of the molecule is NC(c1c(F)cccc1F)C1(N2CCCCC2)CCCC1. The summed E-state index contributed by atoms with van der Waals surface area (Å²) in [5.41, 5.74) is 6.26. The molecule has 2 N–H and O–H groups in total. The largest absolute Gasteiger partial charge is 0.322 e. The van der Waals surface area contributed by atoms with E-state index in [0.29, 0.717) is 0 Å². The van der Waals surface area contributed by atoms with Crippen LogP contribution in [0.25, 0.3) is 0 Å². The molecule has 0 radical (unpaired) electrons. The zero-order valence-corrected chi connectivity index (χ0v) is 12.5. The standard InChI is InChI=1S/C17H24F2N2/c18-13-7-6-8-14(19)15(13)16(20)17(9-2-3-10-17)21-11-4-1-5-12-21/h6-8,16H,1-5,9-12,20H2. The highest BCUT2D eigenvalue weighted by atomic mass is 19.1. The first kappa shape index (κ1) is 14.9. The lowest BCUT2D eigenvalue weighted by Crippen LogP contribution is -2.55. The molecule has 1 aromatic rings. The predicted molar refractivity (Wildman–Crippen MR) is 79.9 cm³/mol. The summed E-state index contributed by atoms with van der Waals surface area (Å²) in [6.07, 6.45) is 7.66. The van der Waals surface area contributed by atoms with Crippen molar-refractivity contribution in [2.75, 3.05) is 13.1 Å². The van der Waals surface area contributed by atoms with Crippen LogP contribution in [0.1, 0.15) is 56.6 Å². The number of nitrogens with zero attached hydrogens (tertiary/aromatic N) is 1. The molecule has 3 rings (SSSR count). The lowest BCUT2D eigenvalue weighted by Gasteiger charge is -2.47. The molecule has 2 fully saturated rings. The molecule has 0 amide bonds. The lowest BCUT2D eigenvalue weighted by molar-refractivity contribution is 0.0458. The number of piperidine rings is 1. The molecule has 116 valence electrons. The highest BCUT2D eigenvalue weighted by Gasteiger charge is 2.46. The fourth-order valence-electron chi connectivity index (χ4n) is 4.23. The van der Waals surface area contributed by atoms with Gasteiger partial charge in [-0.2, -0.15) is 0 Å². The van der Waals surface area contributed by atoms with E-state index in [1.54, 1.807) is 0 Å². The Bertz CT molecular complexity index is 471. The van der Waals surface area contributed by atoms with Crippen LogP contribution in [0.5, 0.6) is 0 Å². The van der Waals surface area contributed by atoms with Crippen LogP contribution in [0.2, 0.25) is 0 Å². The van der Waals surface area contributed by atoms with E-state index in [1.165, 1.54) is 24.6 Å². The zero-order chi connectivity index (χ0) is 14.9. The maximum absolute atomic E-state index is 14.2. The molecule has 21 heavy (non-hydrogen) atoms. The molecule has 1 aliphatic carbocycles. The van der Waals surface area contributed by atoms with E-state index in [0.717, 1.165) is 51.6 Å². The molecular weight excluding hydrogens is 270 g/mol. The first-order valence-corrected chi connectivity index (χ1v) is 8.10. The Balaban J connectivity index is 1.96. The van der Waals surface area contributed by atoms with Crippen molar-refractivity contribution in [1.29, 1.82) is 0 Å². The van der Waals surface area contributed by atoms with Crippen LogP contribution in [0.15, 0.2) is 18.2 Å². The Morgan fingerprint density at radius 3 is 2.10 bits per heavy atom. The van der Waals surface area contributed by atoms with Crippen LogP contribution in [-0.4, -0.2) is 23.5 Å². The van der Waals surface area contributed by atoms with E-state index >= 15 is 0 Å². The van der Waals surface area contributed by atoms with Gasteiger partial charge in [0, 0.05) is 11.1 Å². The normalized spacial score (nSPS) is 24.1. The summed E-state index contributed by atoms with van der Waals surface area (Å²) in [4.78, 5) is 2.42. The van der Waals surface area contributed by atoms with Crippen LogP contribution in [0, 0.1) is 11.6 Å². The molecule has 1 saturated carbocycles. The van der Waals surface area contributed by atoms with Gasteiger partial charge in [-0.1, -0.05) is 25.3 Å². The van der Waals surface area contributed by atoms with E-state index in [2.05, 4.69) is 4.90 Å². The first-order valence-electron chi connectivity index (χ1n) is 8.10. The third-order valence-electron chi connectivity index (χ3n) is 5.34. The fourth-order valence-corrected chi connectivity index (χ4v) is 4.23. The van der Waals surface area contributed by atoms with Crippen molar-refractivity contribution in [3.05, 3.63) is 35.4 Å². The van der Waals surface area contributed by atoms with Gasteiger partial charge in [-0.15, -0.1) is 0 Å². The molecule has 2 aliphatic rings. The topological polar surface area (TPSA) is 29.3 Å². The van der Waals surface area contributed by atoms with Gasteiger partial charge in [0.25, 0.3) is 0 Å². The van der Waals surface area contributed by atoms with Crippen LogP contribution >= 0.6 is 0 Å². The molecule has 0 aromatic heterocycles. The average Bonchev–Trinajstić information content (AvgIpc) is 2.98. The molecule has 0 spiro atoms. The van der Waals surface area contributed by atoms with Crippen LogP contribution < -0.4 is 5.73 Å². The van der Waals surface area contributed by atoms with Gasteiger partial charge >= 0.3 is 0 Å². The molecule has 1 saturated heterocycles. The number of likely N-dealkylation sites (tertiary alicyclic amines) is 1. The van der Waals surface area contributed by atoms with Crippen LogP contribution in [0.3, 0.4) is 0 Å². The summed E-state index contributed by atoms with van der Waals surface area (Å²) < 4.78 is 28.3. The monoisotopic (exact) mass is 294 g/mol. The van der Waals surface area contributed by atoms with Crippen molar-refractivity contribution in [3.8, 4) is 0 Å². The van der Waals surface area contributed by atoms with Crippen molar-refractivity contribution in [2.45, 2.75) is 56.5 Å². The summed E-state index contributed by atoms with van der Waals surface area (Å²) in [7, 11) is 0. The second kappa shape index (κ2) is 6.01. The molecule has 1 aliphatic heterocycles. The maximum Gasteiger partial charge on any atom is 0.130 e. The highest BCUT2D eigenvalue weighted by molar-refractivity contribution is 5.27. The number of hydrogen-bond donors (Lipinski definition) is 1. The van der Waals surface area contributed by atoms with E-state index in [9.17, 15) is 8.78 Å². The summed E-state index contributed by atoms with van der Waals surface area (Å²) in [6, 6.07) is 3.46. The molecule has 4 heteroatoms. The molecule has 1 aromatic carbocycles. The molecule has 1 unspecified atom stereocenters. The van der Waals surface area contributed by atoms with Crippen molar-refractivity contribution in [3.63, 3.8) is 0 Å². The Morgan fingerprint density at radius 1 is 0.952 bits per heavy atom. The quantitative estimate of drug-likeness (QED) is 0.919. The summed E-state index contributed by atoms with van der Waals surface area (Å²) >= 11 is 0. The Hall–Kier alpha value is -1.00. The van der Waals surface area contributed by atoms with Crippen LogP contribution in [0.4, 0.5) is 8.78 Å². The van der Waals surface area contributed by atoms with Crippen LogP contribution in [-0.2, 0) is 0 Å². The number of nitrogens with two attached hydrogens (primary N) is 1. The Kier molecular flexibility index (Phi) is 4.27. The van der Waals surface area contributed by atoms with Gasteiger partial charge in [0.05, 0.1) is 6.04 Å². The second-order valence-electron chi connectivity index (χ2n) is 6.47. The summed E-state index contributed by atoms with van der Waals surface area (Å²) in [6.45, 7) is 2.01. The van der Waals surface area contributed by atoms with Crippen molar-refractivity contribution in [1.82, 2.24) is 4.90 Å². The maximum atomic E-state index is 14.2. The molecule has 2 nitrogen and oxygen atoms in total. The highest BCUT2D eigenvalue weighted by Crippen LogP contribution is 2.45. The van der Waals surface area contributed by atoms with E-state index < -0.39 is 17.7 Å². The summed E-state index contributed by atoms with van der Waals surface area (Å²) in [5, 5.41) is 0. The van der Waals surface area contributed by atoms with Gasteiger partial charge in [-0.05, 0) is 50.9 Å². The van der Waals surface area contributed by atoms with Crippen molar-refractivity contribution >= 4 is 0 Å². The smallest absolute Gasteiger partial charge is 0.130 e. The molecular formula is C17H24F2N2. The average molecular weight is 294 g/mol. The zero-order valence-electron chi connectivity index (χ0n) is 12.5. The molecule has 0 bridgehead atoms. The number of benzene rings is 1. The summed E-state index contributed by atoms with van der Waals surface area (Å²) in [5.74, 6) is -1.02. The number of rotatable bonds is 3. The van der Waals surface area contributed by atoms with Gasteiger partial charge < -0.3 is 5.73 Å². The van der Waals surface area contributed by atoms with E-state index in [-0.39, 0.29) is 11.1 Å². The third kappa shape index (κ3) is 2.59. The minimum absolute atomic E-state index is 0.0740. The lowest BCUT2D eigenvalue weighted by atomic mass is 9.81. The van der Waals surface area contributed by atoms with Gasteiger partial charge in [0.1, 0.15) is 11.6 Å². The van der Waals surface area contributed by atoms with Gasteiger partial charge in [-0.25, -0.2) is 8.78 Å². The van der Waals surface area contributed by atoms with Crippen molar-refractivity contribution in [2.24, 2.45) is 5.73 Å². The molecule has 1 heterocycles. The van der Waals surface area contributed by atoms with Crippen molar-refractivity contribution < 1.29 is 8.78 Å². The second-order valence-corrected chi connectivity index (χ2v) is 6.47. The van der Waals surface area contributed by atoms with Gasteiger partial charge in [0.15, 0.2) is 0 Å². The first-order chi connectivity index (χ1) is 10.1. The Morgan fingerprint density at radius 2 is 1.52 bits per heavy atom. The number of halogens is 2. The van der Waals surface area contributed by atoms with E-state index in [1.807, 2.05) is 0 Å². The molecule has 1 atom stereocenters. The van der Waals surface area contributed by atoms with Gasteiger partial charge in [-0.3, -0.25) is 4.90 Å². The number of hydrogen-bond acceptors (Lipinski definition) is 2. The fraction of sp³-hybridized carbons (Fsp3) is 0.647. The van der Waals surface area contributed by atoms with E-state index in [4.69, 9.17) is 5.73 Å². The Labute approximate surface area is 125 Å². The minimum Gasteiger partial charge on any atom is -0.322 e.